The third-order valence-electron chi connectivity index (χ3n) is 3.54. The highest BCUT2D eigenvalue weighted by Crippen LogP contribution is 2.30. The van der Waals surface area contributed by atoms with Gasteiger partial charge < -0.3 is 10.1 Å². The van der Waals surface area contributed by atoms with Gasteiger partial charge in [-0.25, -0.2) is 0 Å². The van der Waals surface area contributed by atoms with Crippen LogP contribution in [0.3, 0.4) is 0 Å². The summed E-state index contributed by atoms with van der Waals surface area (Å²) in [6.45, 7) is 5.24. The number of thioether (sulfide) groups is 1. The average Bonchev–Trinajstić information content (AvgIpc) is 2.59. The molecule has 1 amide bonds. The Morgan fingerprint density at radius 3 is 2.19 bits per heavy atom. The quantitative estimate of drug-likeness (QED) is 0.513. The monoisotopic (exact) mass is 411 g/mol. The zero-order valence-electron chi connectivity index (χ0n) is 14.6. The minimum absolute atomic E-state index is 0.297. The molecule has 0 spiro atoms. The van der Waals surface area contributed by atoms with Crippen molar-refractivity contribution in [3.05, 3.63) is 58.1 Å². The number of hydrogen-bond donors (Lipinski definition) is 1. The van der Waals surface area contributed by atoms with Crippen LogP contribution in [0.5, 0.6) is 0 Å². The molecule has 0 saturated carbocycles. The molecule has 4 nitrogen and oxygen atoms in total. The number of carbonyl (C=O) groups excluding carboxylic acids is 2. The highest BCUT2D eigenvalue weighted by Gasteiger charge is 2.23. The van der Waals surface area contributed by atoms with Gasteiger partial charge in [0, 0.05) is 4.90 Å². The first-order valence-electron chi connectivity index (χ1n) is 7.96. The Kier molecular flexibility index (Phi) is 7.38. The van der Waals surface area contributed by atoms with Crippen LogP contribution in [0.25, 0.3) is 0 Å². The van der Waals surface area contributed by atoms with Crippen LogP contribution in [0.2, 0.25) is 10.0 Å². The number of amides is 1. The molecule has 26 heavy (non-hydrogen) atoms. The molecule has 0 unspecified atom stereocenters. The molecule has 0 radical (unpaired) electrons. The molecule has 2 rings (SSSR count). The van der Waals surface area contributed by atoms with E-state index in [2.05, 4.69) is 5.32 Å². The number of ether oxygens (including phenoxy) is 1. The molecule has 0 fully saturated rings. The summed E-state index contributed by atoms with van der Waals surface area (Å²) in [5, 5.41) is 2.77. The Bertz CT molecular complexity index is 776. The first kappa shape index (κ1) is 20.6. The highest BCUT2D eigenvalue weighted by molar-refractivity contribution is 8.00. The molecule has 2 aromatic carbocycles. The molecule has 0 aliphatic rings. The first-order chi connectivity index (χ1) is 12.3. The minimum atomic E-state index is -0.976. The van der Waals surface area contributed by atoms with Crippen molar-refractivity contribution in [1.82, 2.24) is 0 Å². The number of halogens is 2. The van der Waals surface area contributed by atoms with Crippen molar-refractivity contribution in [3.63, 3.8) is 0 Å². The number of carbonyl (C=O) groups is 2. The van der Waals surface area contributed by atoms with Gasteiger partial charge in [-0.15, -0.1) is 11.8 Å². The minimum Gasteiger partial charge on any atom is -0.452 e. The lowest BCUT2D eigenvalue weighted by Gasteiger charge is -2.17. The van der Waals surface area contributed by atoms with Gasteiger partial charge in [-0.1, -0.05) is 47.0 Å². The zero-order chi connectivity index (χ0) is 19.3. The molecular weight excluding hydrogens is 393 g/mol. The van der Waals surface area contributed by atoms with E-state index in [9.17, 15) is 9.59 Å². The summed E-state index contributed by atoms with van der Waals surface area (Å²) >= 11 is 13.4. The lowest BCUT2D eigenvalue weighted by Crippen LogP contribution is -2.32. The summed E-state index contributed by atoms with van der Waals surface area (Å²) in [6.07, 6.45) is -0.976. The maximum atomic E-state index is 12.3. The molecule has 7 heteroatoms. The Morgan fingerprint density at radius 1 is 1.04 bits per heavy atom. The molecule has 2 aromatic rings. The standard InChI is InChI=1S/C19H19Cl2NO3S/c1-11-7-9-14(10-8-11)26-13(3)19(24)25-12(2)18(23)22-17-15(20)5-4-6-16(17)21/h4-10,12-13H,1-3H3,(H,22,23)/t12-,13-/m0/s1. The van der Waals surface area contributed by atoms with Crippen LogP contribution in [0, 0.1) is 6.92 Å². The van der Waals surface area contributed by atoms with Crippen LogP contribution in [0.4, 0.5) is 5.69 Å². The largest absolute Gasteiger partial charge is 0.452 e. The number of benzene rings is 2. The van der Waals surface area contributed by atoms with Gasteiger partial charge in [0.1, 0.15) is 5.25 Å². The summed E-state index contributed by atoms with van der Waals surface area (Å²) in [6, 6.07) is 12.7. The molecule has 0 aromatic heterocycles. The van der Waals surface area contributed by atoms with Gasteiger partial charge in [0.15, 0.2) is 6.10 Å². The second-order valence-electron chi connectivity index (χ2n) is 5.74. The van der Waals surface area contributed by atoms with E-state index < -0.39 is 23.2 Å². The number of anilines is 1. The summed E-state index contributed by atoms with van der Waals surface area (Å²) in [5.41, 5.74) is 1.44. The molecule has 2 atom stereocenters. The predicted molar refractivity (Wildman–Crippen MR) is 107 cm³/mol. The van der Waals surface area contributed by atoms with E-state index in [4.69, 9.17) is 27.9 Å². The Labute approximate surface area is 167 Å². The van der Waals surface area contributed by atoms with Crippen LogP contribution in [-0.4, -0.2) is 23.2 Å². The van der Waals surface area contributed by atoms with Crippen molar-refractivity contribution in [2.75, 3.05) is 5.32 Å². The lowest BCUT2D eigenvalue weighted by atomic mass is 10.2. The van der Waals surface area contributed by atoms with Gasteiger partial charge in [-0.3, -0.25) is 9.59 Å². The van der Waals surface area contributed by atoms with Crippen LogP contribution in [-0.2, 0) is 14.3 Å². The average molecular weight is 412 g/mol. The molecule has 0 aliphatic carbocycles. The Hall–Kier alpha value is -1.69. The third kappa shape index (κ3) is 5.66. The first-order valence-corrected chi connectivity index (χ1v) is 9.60. The fourth-order valence-electron chi connectivity index (χ4n) is 2.03. The van der Waals surface area contributed by atoms with E-state index in [1.54, 1.807) is 25.1 Å². The van der Waals surface area contributed by atoms with Crippen molar-refractivity contribution in [2.45, 2.75) is 37.0 Å². The molecule has 1 N–H and O–H groups in total. The van der Waals surface area contributed by atoms with Crippen LogP contribution in [0.15, 0.2) is 47.4 Å². The lowest BCUT2D eigenvalue weighted by molar-refractivity contribution is -0.152. The molecular formula is C19H19Cl2NO3S. The number of esters is 1. The number of hydrogen-bond acceptors (Lipinski definition) is 4. The maximum Gasteiger partial charge on any atom is 0.319 e. The summed E-state index contributed by atoms with van der Waals surface area (Å²) < 4.78 is 5.26. The molecule has 0 saturated heterocycles. The van der Waals surface area contributed by atoms with Crippen molar-refractivity contribution >= 4 is 52.5 Å². The van der Waals surface area contributed by atoms with E-state index in [0.29, 0.717) is 15.7 Å². The zero-order valence-corrected chi connectivity index (χ0v) is 16.9. The van der Waals surface area contributed by atoms with Gasteiger partial charge in [0.2, 0.25) is 0 Å². The number of aryl methyl sites for hydroxylation is 1. The second-order valence-corrected chi connectivity index (χ2v) is 7.97. The summed E-state index contributed by atoms with van der Waals surface area (Å²) in [4.78, 5) is 25.5. The highest BCUT2D eigenvalue weighted by atomic mass is 35.5. The van der Waals surface area contributed by atoms with E-state index in [1.165, 1.54) is 18.7 Å². The predicted octanol–water partition coefficient (Wildman–Crippen LogP) is 5.35. The van der Waals surface area contributed by atoms with Crippen LogP contribution < -0.4 is 5.32 Å². The summed E-state index contributed by atoms with van der Waals surface area (Å²) in [5.74, 6) is -0.968. The van der Waals surface area contributed by atoms with Gasteiger partial charge in [-0.2, -0.15) is 0 Å². The van der Waals surface area contributed by atoms with E-state index in [1.807, 2.05) is 31.2 Å². The van der Waals surface area contributed by atoms with Crippen molar-refractivity contribution in [3.8, 4) is 0 Å². The number of para-hydroxylation sites is 1. The van der Waals surface area contributed by atoms with Crippen molar-refractivity contribution in [1.29, 1.82) is 0 Å². The fraction of sp³-hybridized carbons (Fsp3) is 0.263. The Balaban J connectivity index is 1.93. The molecule has 138 valence electrons. The van der Waals surface area contributed by atoms with Crippen LogP contribution in [0.1, 0.15) is 19.4 Å². The normalized spacial score (nSPS) is 13.0. The molecule has 0 heterocycles. The SMILES string of the molecule is Cc1ccc(S[C@@H](C)C(=O)O[C@@H](C)C(=O)Nc2c(Cl)cccc2Cl)cc1. The maximum absolute atomic E-state index is 12.3. The molecule has 0 aliphatic heterocycles. The number of rotatable bonds is 6. The Morgan fingerprint density at radius 2 is 1.62 bits per heavy atom. The van der Waals surface area contributed by atoms with Gasteiger partial charge in [-0.05, 0) is 45.0 Å². The van der Waals surface area contributed by atoms with Crippen molar-refractivity contribution in [2.24, 2.45) is 0 Å². The molecule has 0 bridgehead atoms. The van der Waals surface area contributed by atoms with Gasteiger partial charge >= 0.3 is 5.97 Å². The van der Waals surface area contributed by atoms with E-state index in [-0.39, 0.29) is 0 Å². The van der Waals surface area contributed by atoms with Crippen molar-refractivity contribution < 1.29 is 14.3 Å². The van der Waals surface area contributed by atoms with E-state index in [0.717, 1.165) is 10.5 Å². The second kappa shape index (κ2) is 9.31. The third-order valence-corrected chi connectivity index (χ3v) is 5.26. The number of nitrogens with one attached hydrogen (secondary N) is 1. The van der Waals surface area contributed by atoms with E-state index >= 15 is 0 Å². The fourth-order valence-corrected chi connectivity index (χ4v) is 3.38. The van der Waals surface area contributed by atoms with Crippen LogP contribution >= 0.6 is 35.0 Å². The van der Waals surface area contributed by atoms with Gasteiger partial charge in [0.05, 0.1) is 15.7 Å². The van der Waals surface area contributed by atoms with Gasteiger partial charge in [0.25, 0.3) is 5.91 Å². The smallest absolute Gasteiger partial charge is 0.319 e. The summed E-state index contributed by atoms with van der Waals surface area (Å²) in [7, 11) is 0. The topological polar surface area (TPSA) is 55.4 Å².